The highest BCUT2D eigenvalue weighted by atomic mass is 35.5. The normalized spacial score (nSPS) is 22.4. The largest absolute Gasteiger partial charge is 0.378 e. The summed E-state index contributed by atoms with van der Waals surface area (Å²) in [6.07, 6.45) is 2.85. The molecule has 1 heterocycles. The highest BCUT2D eigenvalue weighted by Crippen LogP contribution is 2.51. The van der Waals surface area contributed by atoms with Crippen molar-refractivity contribution in [3.8, 4) is 0 Å². The predicted molar refractivity (Wildman–Crippen MR) is 114 cm³/mol. The lowest BCUT2D eigenvalue weighted by atomic mass is 9.72. The number of halogens is 1. The average molecular weight is 401 g/mol. The molecule has 1 aliphatic heterocycles. The maximum atomic E-state index is 13.1. The van der Waals surface area contributed by atoms with Crippen LogP contribution in [-0.2, 0) is 16.6 Å². The molecular weight excluding hydrogens is 372 g/mol. The summed E-state index contributed by atoms with van der Waals surface area (Å²) in [5.74, 6) is -0.0136. The number of aryl methyl sites for hydroxylation is 1. The fourth-order valence-corrected chi connectivity index (χ4v) is 5.07. The van der Waals surface area contributed by atoms with Crippen LogP contribution in [0.3, 0.4) is 0 Å². The molecule has 1 amide bonds. The third-order valence-electron chi connectivity index (χ3n) is 6.36. The van der Waals surface area contributed by atoms with Gasteiger partial charge in [0.05, 0.1) is 12.1 Å². The fraction of sp³-hybridized carbons (Fsp3) is 0.435. The Labute approximate surface area is 173 Å². The van der Waals surface area contributed by atoms with Crippen molar-refractivity contribution >= 4 is 18.3 Å². The number of piperidine rings is 1. The van der Waals surface area contributed by atoms with Crippen molar-refractivity contribution in [2.24, 2.45) is 0 Å². The van der Waals surface area contributed by atoms with Crippen LogP contribution in [0, 0.1) is 0 Å². The monoisotopic (exact) mass is 400 g/mol. The topological polar surface area (TPSA) is 50.4 Å². The van der Waals surface area contributed by atoms with Gasteiger partial charge in [-0.1, -0.05) is 49.4 Å². The maximum absolute atomic E-state index is 13.1. The van der Waals surface area contributed by atoms with Gasteiger partial charge in [-0.25, -0.2) is 0 Å². The van der Waals surface area contributed by atoms with Crippen molar-refractivity contribution in [2.45, 2.75) is 43.7 Å². The van der Waals surface area contributed by atoms with Crippen LogP contribution in [0.4, 0.5) is 0 Å². The Hall–Kier alpha value is -1.88. The van der Waals surface area contributed by atoms with Crippen LogP contribution < -0.4 is 10.6 Å². The second kappa shape index (κ2) is 8.64. The van der Waals surface area contributed by atoms with Crippen LogP contribution in [0.15, 0.2) is 48.5 Å². The number of fused-ring (bicyclic) bond motifs is 2. The third-order valence-corrected chi connectivity index (χ3v) is 6.36. The first kappa shape index (κ1) is 20.8. The van der Waals surface area contributed by atoms with Crippen molar-refractivity contribution < 1.29 is 9.53 Å². The SMILES string of the molecule is CCc1ccccc1C(=O)N[C@@H]1c2ccccc2C2(CCNCC2)[C@H]1OC.Cl. The Morgan fingerprint density at radius 2 is 1.82 bits per heavy atom. The van der Waals surface area contributed by atoms with Gasteiger partial charge < -0.3 is 15.4 Å². The van der Waals surface area contributed by atoms with Crippen LogP contribution in [-0.4, -0.2) is 32.2 Å². The second-order valence-corrected chi connectivity index (χ2v) is 7.61. The molecule has 5 heteroatoms. The van der Waals surface area contributed by atoms with E-state index in [0.29, 0.717) is 0 Å². The zero-order valence-electron chi connectivity index (χ0n) is 16.5. The Kier molecular flexibility index (Phi) is 6.43. The minimum Gasteiger partial charge on any atom is -0.378 e. The molecule has 0 bridgehead atoms. The molecule has 2 atom stereocenters. The number of benzene rings is 2. The molecule has 1 saturated heterocycles. The lowest BCUT2D eigenvalue weighted by Gasteiger charge is -2.40. The van der Waals surface area contributed by atoms with Crippen LogP contribution >= 0.6 is 12.4 Å². The molecular formula is C23H29ClN2O2. The van der Waals surface area contributed by atoms with Crippen LogP contribution in [0.5, 0.6) is 0 Å². The van der Waals surface area contributed by atoms with Crippen molar-refractivity contribution in [1.29, 1.82) is 0 Å². The van der Waals surface area contributed by atoms with Gasteiger partial charge in [0.1, 0.15) is 0 Å². The second-order valence-electron chi connectivity index (χ2n) is 7.61. The third kappa shape index (κ3) is 3.34. The van der Waals surface area contributed by atoms with E-state index in [4.69, 9.17) is 4.74 Å². The summed E-state index contributed by atoms with van der Waals surface area (Å²) in [6.45, 7) is 4.04. The summed E-state index contributed by atoms with van der Waals surface area (Å²) in [4.78, 5) is 13.1. The Morgan fingerprint density at radius 3 is 2.54 bits per heavy atom. The van der Waals surface area contributed by atoms with E-state index in [-0.39, 0.29) is 35.9 Å². The molecule has 2 N–H and O–H groups in total. The first-order chi connectivity index (χ1) is 13.2. The molecule has 1 fully saturated rings. The van der Waals surface area contributed by atoms with E-state index in [9.17, 15) is 4.79 Å². The molecule has 0 saturated carbocycles. The van der Waals surface area contributed by atoms with Gasteiger partial charge in [0, 0.05) is 18.1 Å². The quantitative estimate of drug-likeness (QED) is 0.820. The number of nitrogens with one attached hydrogen (secondary N) is 2. The number of methoxy groups -OCH3 is 1. The molecule has 28 heavy (non-hydrogen) atoms. The van der Waals surface area contributed by atoms with Gasteiger partial charge in [-0.3, -0.25) is 4.79 Å². The number of carbonyl (C=O) groups is 1. The van der Waals surface area contributed by atoms with Crippen LogP contribution in [0.1, 0.15) is 52.9 Å². The van der Waals surface area contributed by atoms with Gasteiger partial charge in [-0.15, -0.1) is 12.4 Å². The number of hydrogen-bond acceptors (Lipinski definition) is 3. The summed E-state index contributed by atoms with van der Waals surface area (Å²) in [7, 11) is 1.78. The Morgan fingerprint density at radius 1 is 1.14 bits per heavy atom. The minimum atomic E-state index is -0.123. The molecule has 1 aliphatic carbocycles. The first-order valence-electron chi connectivity index (χ1n) is 9.93. The molecule has 1 spiro atoms. The van der Waals surface area contributed by atoms with E-state index in [1.165, 1.54) is 11.1 Å². The number of carbonyl (C=O) groups excluding carboxylic acids is 1. The Balaban J connectivity index is 0.00000225. The predicted octanol–water partition coefficient (Wildman–Crippen LogP) is 3.79. The zero-order valence-corrected chi connectivity index (χ0v) is 17.4. The molecule has 2 aliphatic rings. The van der Waals surface area contributed by atoms with Crippen molar-refractivity contribution in [1.82, 2.24) is 10.6 Å². The van der Waals surface area contributed by atoms with E-state index in [2.05, 4.69) is 41.8 Å². The molecule has 0 aromatic heterocycles. The molecule has 0 unspecified atom stereocenters. The van der Waals surface area contributed by atoms with Gasteiger partial charge in [0.2, 0.25) is 0 Å². The highest BCUT2D eigenvalue weighted by Gasteiger charge is 2.53. The van der Waals surface area contributed by atoms with Crippen molar-refractivity contribution in [2.75, 3.05) is 20.2 Å². The van der Waals surface area contributed by atoms with Gasteiger partial charge in [-0.05, 0) is 55.1 Å². The number of rotatable bonds is 4. The summed E-state index contributed by atoms with van der Waals surface area (Å²) in [6, 6.07) is 16.3. The van der Waals surface area contributed by atoms with Gasteiger partial charge >= 0.3 is 0 Å². The van der Waals surface area contributed by atoms with Crippen LogP contribution in [0.25, 0.3) is 0 Å². The molecule has 4 nitrogen and oxygen atoms in total. The lowest BCUT2D eigenvalue weighted by molar-refractivity contribution is 0.00396. The smallest absolute Gasteiger partial charge is 0.252 e. The van der Waals surface area contributed by atoms with E-state index < -0.39 is 0 Å². The van der Waals surface area contributed by atoms with E-state index >= 15 is 0 Å². The molecule has 4 rings (SSSR count). The van der Waals surface area contributed by atoms with Crippen molar-refractivity contribution in [3.63, 3.8) is 0 Å². The number of ether oxygens (including phenoxy) is 1. The van der Waals surface area contributed by atoms with Gasteiger partial charge in [0.15, 0.2) is 0 Å². The summed E-state index contributed by atoms with van der Waals surface area (Å²) in [5.41, 5.74) is 4.35. The van der Waals surface area contributed by atoms with E-state index in [0.717, 1.165) is 43.5 Å². The fourth-order valence-electron chi connectivity index (χ4n) is 5.07. The number of amides is 1. The first-order valence-corrected chi connectivity index (χ1v) is 9.93. The van der Waals surface area contributed by atoms with Crippen molar-refractivity contribution in [3.05, 3.63) is 70.8 Å². The molecule has 150 valence electrons. The maximum Gasteiger partial charge on any atom is 0.252 e. The molecule has 2 aromatic rings. The number of hydrogen-bond donors (Lipinski definition) is 2. The Bertz CT molecular complexity index is 833. The van der Waals surface area contributed by atoms with E-state index in [1.807, 2.05) is 24.3 Å². The minimum absolute atomic E-state index is 0. The average Bonchev–Trinajstić information content (AvgIpc) is 2.97. The summed E-state index contributed by atoms with van der Waals surface area (Å²) < 4.78 is 6.05. The molecule has 0 radical (unpaired) electrons. The summed E-state index contributed by atoms with van der Waals surface area (Å²) >= 11 is 0. The van der Waals surface area contributed by atoms with Gasteiger partial charge in [0.25, 0.3) is 5.91 Å². The highest BCUT2D eigenvalue weighted by molar-refractivity contribution is 5.96. The molecule has 2 aromatic carbocycles. The van der Waals surface area contributed by atoms with E-state index in [1.54, 1.807) is 7.11 Å². The van der Waals surface area contributed by atoms with Gasteiger partial charge in [-0.2, -0.15) is 0 Å². The zero-order chi connectivity index (χ0) is 18.9. The lowest BCUT2D eigenvalue weighted by Crippen LogP contribution is -2.49. The summed E-state index contributed by atoms with van der Waals surface area (Å²) in [5, 5.41) is 6.78. The standard InChI is InChI=1S/C23H28N2O2.ClH/c1-3-16-8-4-5-9-17(16)22(26)25-20-18-10-6-7-11-19(18)23(21(20)27-2)12-14-24-15-13-23;/h4-11,20-21,24H,3,12-15H2,1-2H3,(H,25,26);1H/t20-,21+;/m1./s1. The van der Waals surface area contributed by atoms with Crippen LogP contribution in [0.2, 0.25) is 0 Å².